The van der Waals surface area contributed by atoms with Gasteiger partial charge in [0.2, 0.25) is 5.91 Å². The minimum atomic E-state index is -0.478. The number of ether oxygens (including phenoxy) is 2. The molecule has 1 atom stereocenters. The maximum Gasteiger partial charge on any atom is 0.235 e. The standard InChI is InChI=1S/C23H28ClNO3/c1-17(16-27-2)28-21-12-11-19(15-20(21)24)25-22(26)23(13-7-4-8-14-23)18-9-5-3-6-10-18/h3,5-6,9-12,15,17H,4,7-8,13-14,16H2,1-2H3,(H,25,26)/t17-/m0/s1. The summed E-state index contributed by atoms with van der Waals surface area (Å²) in [5, 5.41) is 3.56. The fourth-order valence-electron chi connectivity index (χ4n) is 3.97. The molecule has 1 saturated carbocycles. The Labute approximate surface area is 172 Å². The molecule has 1 aliphatic carbocycles. The fraction of sp³-hybridized carbons (Fsp3) is 0.435. The van der Waals surface area contributed by atoms with Crippen LogP contribution in [0, 0.1) is 0 Å². The Hall–Kier alpha value is -2.04. The molecule has 5 heteroatoms. The molecule has 28 heavy (non-hydrogen) atoms. The number of methoxy groups -OCH3 is 1. The second-order valence-electron chi connectivity index (χ2n) is 7.49. The number of halogens is 1. The molecule has 2 aromatic rings. The van der Waals surface area contributed by atoms with E-state index in [1.165, 1.54) is 6.42 Å². The van der Waals surface area contributed by atoms with Crippen molar-refractivity contribution in [3.05, 3.63) is 59.1 Å². The van der Waals surface area contributed by atoms with Crippen LogP contribution in [0.3, 0.4) is 0 Å². The average molecular weight is 402 g/mol. The zero-order valence-electron chi connectivity index (χ0n) is 16.5. The first-order chi connectivity index (χ1) is 13.5. The summed E-state index contributed by atoms with van der Waals surface area (Å²) in [6.07, 6.45) is 4.94. The molecule has 0 aromatic heterocycles. The Balaban J connectivity index is 1.78. The van der Waals surface area contributed by atoms with E-state index in [0.29, 0.717) is 23.1 Å². The van der Waals surface area contributed by atoms with Crippen molar-refractivity contribution < 1.29 is 14.3 Å². The summed E-state index contributed by atoms with van der Waals surface area (Å²) in [4.78, 5) is 13.3. The maximum atomic E-state index is 13.3. The summed E-state index contributed by atoms with van der Waals surface area (Å²) in [6.45, 7) is 2.40. The molecule has 1 amide bonds. The van der Waals surface area contributed by atoms with E-state index < -0.39 is 5.41 Å². The van der Waals surface area contributed by atoms with Gasteiger partial charge >= 0.3 is 0 Å². The molecular weight excluding hydrogens is 374 g/mol. The smallest absolute Gasteiger partial charge is 0.235 e. The molecule has 0 heterocycles. The second-order valence-corrected chi connectivity index (χ2v) is 7.90. The monoisotopic (exact) mass is 401 g/mol. The second kappa shape index (κ2) is 9.44. The highest BCUT2D eigenvalue weighted by atomic mass is 35.5. The van der Waals surface area contributed by atoms with Crippen LogP contribution in [0.15, 0.2) is 48.5 Å². The average Bonchev–Trinajstić information content (AvgIpc) is 2.71. The third-order valence-corrected chi connectivity index (χ3v) is 5.68. The summed E-state index contributed by atoms with van der Waals surface area (Å²) < 4.78 is 10.9. The maximum absolute atomic E-state index is 13.3. The van der Waals surface area contributed by atoms with Crippen LogP contribution in [0.25, 0.3) is 0 Å². The third kappa shape index (κ3) is 4.68. The SMILES string of the molecule is COC[C@H](C)Oc1ccc(NC(=O)C2(c3ccccc3)CCCCC2)cc1Cl. The van der Waals surface area contributed by atoms with Crippen LogP contribution in [0.5, 0.6) is 5.75 Å². The summed E-state index contributed by atoms with van der Waals surface area (Å²) >= 11 is 6.38. The Kier molecular flexibility index (Phi) is 6.97. The van der Waals surface area contributed by atoms with Gasteiger partial charge in [-0.3, -0.25) is 4.79 Å². The molecule has 150 valence electrons. The summed E-state index contributed by atoms with van der Waals surface area (Å²) in [5.74, 6) is 0.621. The largest absolute Gasteiger partial charge is 0.487 e. The topological polar surface area (TPSA) is 47.6 Å². The van der Waals surface area contributed by atoms with Crippen LogP contribution in [-0.2, 0) is 14.9 Å². The highest BCUT2D eigenvalue weighted by molar-refractivity contribution is 6.32. The molecule has 0 radical (unpaired) electrons. The Bertz CT molecular complexity index is 788. The molecular formula is C23H28ClNO3. The molecule has 4 nitrogen and oxygen atoms in total. The molecule has 0 aliphatic heterocycles. The summed E-state index contributed by atoms with van der Waals surface area (Å²) in [7, 11) is 1.63. The third-order valence-electron chi connectivity index (χ3n) is 5.39. The van der Waals surface area contributed by atoms with Gasteiger partial charge in [-0.2, -0.15) is 0 Å². The quantitative estimate of drug-likeness (QED) is 0.657. The number of carbonyl (C=O) groups is 1. The number of hydrogen-bond donors (Lipinski definition) is 1. The van der Waals surface area contributed by atoms with Gasteiger partial charge in [-0.25, -0.2) is 0 Å². The van der Waals surface area contributed by atoms with Crippen LogP contribution in [0.1, 0.15) is 44.6 Å². The van der Waals surface area contributed by atoms with Crippen LogP contribution in [0.2, 0.25) is 5.02 Å². The number of amides is 1. The van der Waals surface area contributed by atoms with E-state index in [0.717, 1.165) is 31.2 Å². The van der Waals surface area contributed by atoms with Crippen molar-refractivity contribution in [3.8, 4) is 5.75 Å². The van der Waals surface area contributed by atoms with E-state index in [4.69, 9.17) is 21.1 Å². The van der Waals surface area contributed by atoms with Gasteiger partial charge in [0.15, 0.2) is 0 Å². The van der Waals surface area contributed by atoms with Crippen molar-refractivity contribution >= 4 is 23.2 Å². The van der Waals surface area contributed by atoms with Gasteiger partial charge < -0.3 is 14.8 Å². The van der Waals surface area contributed by atoms with Crippen molar-refractivity contribution in [2.45, 2.75) is 50.5 Å². The normalized spacial score (nSPS) is 17.0. The van der Waals surface area contributed by atoms with Crippen molar-refractivity contribution in [1.82, 2.24) is 0 Å². The molecule has 1 fully saturated rings. The Morgan fingerprint density at radius 1 is 1.14 bits per heavy atom. The summed E-state index contributed by atoms with van der Waals surface area (Å²) in [6, 6.07) is 15.5. The van der Waals surface area contributed by atoms with Crippen LogP contribution in [-0.4, -0.2) is 25.7 Å². The van der Waals surface area contributed by atoms with Gasteiger partial charge in [-0.15, -0.1) is 0 Å². The number of carbonyl (C=O) groups excluding carboxylic acids is 1. The number of nitrogens with one attached hydrogen (secondary N) is 1. The molecule has 1 aliphatic rings. The predicted molar refractivity (Wildman–Crippen MR) is 113 cm³/mol. The number of anilines is 1. The van der Waals surface area contributed by atoms with E-state index in [1.54, 1.807) is 19.2 Å². The highest BCUT2D eigenvalue weighted by Crippen LogP contribution is 2.40. The predicted octanol–water partition coefficient (Wildman–Crippen LogP) is 5.59. The number of hydrogen-bond acceptors (Lipinski definition) is 3. The van der Waals surface area contributed by atoms with Gasteiger partial charge in [0.1, 0.15) is 11.9 Å². The fourth-order valence-corrected chi connectivity index (χ4v) is 4.19. The number of benzene rings is 2. The first-order valence-corrected chi connectivity index (χ1v) is 10.2. The van der Waals surface area contributed by atoms with Gasteiger partial charge in [0.05, 0.1) is 17.0 Å². The van der Waals surface area contributed by atoms with Crippen molar-refractivity contribution in [1.29, 1.82) is 0 Å². The molecule has 0 spiro atoms. The molecule has 0 saturated heterocycles. The molecule has 0 unspecified atom stereocenters. The van der Waals surface area contributed by atoms with E-state index in [1.807, 2.05) is 31.2 Å². The zero-order valence-corrected chi connectivity index (χ0v) is 17.3. The molecule has 3 rings (SSSR count). The Morgan fingerprint density at radius 3 is 2.50 bits per heavy atom. The van der Waals surface area contributed by atoms with E-state index in [-0.39, 0.29) is 12.0 Å². The zero-order chi connectivity index (χ0) is 20.0. The number of rotatable bonds is 7. The van der Waals surface area contributed by atoms with E-state index in [2.05, 4.69) is 17.4 Å². The van der Waals surface area contributed by atoms with Gasteiger partial charge in [-0.05, 0) is 43.5 Å². The van der Waals surface area contributed by atoms with E-state index >= 15 is 0 Å². The first kappa shape index (κ1) is 20.7. The molecule has 2 aromatic carbocycles. The van der Waals surface area contributed by atoms with Crippen molar-refractivity contribution in [3.63, 3.8) is 0 Å². The van der Waals surface area contributed by atoms with Crippen LogP contribution < -0.4 is 10.1 Å². The van der Waals surface area contributed by atoms with Crippen LogP contribution >= 0.6 is 11.6 Å². The Morgan fingerprint density at radius 2 is 1.86 bits per heavy atom. The van der Waals surface area contributed by atoms with Gasteiger partial charge in [-0.1, -0.05) is 61.2 Å². The van der Waals surface area contributed by atoms with Crippen molar-refractivity contribution in [2.75, 3.05) is 19.0 Å². The minimum Gasteiger partial charge on any atom is -0.487 e. The lowest BCUT2D eigenvalue weighted by Crippen LogP contribution is -2.42. The lowest BCUT2D eigenvalue weighted by atomic mass is 9.68. The first-order valence-electron chi connectivity index (χ1n) is 9.87. The molecule has 0 bridgehead atoms. The minimum absolute atomic E-state index is 0.0379. The van der Waals surface area contributed by atoms with Gasteiger partial charge in [0.25, 0.3) is 0 Å². The lowest BCUT2D eigenvalue weighted by Gasteiger charge is -2.36. The lowest BCUT2D eigenvalue weighted by molar-refractivity contribution is -0.122. The van der Waals surface area contributed by atoms with Gasteiger partial charge in [0, 0.05) is 12.8 Å². The highest BCUT2D eigenvalue weighted by Gasteiger charge is 2.41. The van der Waals surface area contributed by atoms with E-state index in [9.17, 15) is 4.79 Å². The molecule has 1 N–H and O–H groups in total. The van der Waals surface area contributed by atoms with Crippen LogP contribution in [0.4, 0.5) is 5.69 Å². The summed E-state index contributed by atoms with van der Waals surface area (Å²) in [5.41, 5.74) is 1.29. The van der Waals surface area contributed by atoms with Crippen molar-refractivity contribution in [2.24, 2.45) is 0 Å².